The molecular weight excluding hydrogens is 248 g/mol. The molecule has 1 aliphatic rings. The van der Waals surface area contributed by atoms with Crippen LogP contribution in [0.25, 0.3) is 0 Å². The van der Waals surface area contributed by atoms with E-state index in [1.165, 1.54) is 44.3 Å². The highest BCUT2D eigenvalue weighted by Gasteiger charge is 2.17. The second-order valence-corrected chi connectivity index (χ2v) is 5.64. The molecule has 3 nitrogen and oxygen atoms in total. The van der Waals surface area contributed by atoms with E-state index in [1.807, 2.05) is 0 Å². The molecule has 1 aromatic carbocycles. The van der Waals surface area contributed by atoms with Crippen LogP contribution >= 0.6 is 0 Å². The molecule has 2 rings (SSSR count). The molecule has 0 radical (unpaired) electrons. The maximum atomic E-state index is 5.25. The number of nitrogens with one attached hydrogen (secondary N) is 1. The Balaban J connectivity index is 2.00. The van der Waals surface area contributed by atoms with E-state index in [1.54, 1.807) is 7.11 Å². The van der Waals surface area contributed by atoms with Crippen molar-refractivity contribution in [1.82, 2.24) is 10.2 Å². The van der Waals surface area contributed by atoms with Crippen molar-refractivity contribution in [3.63, 3.8) is 0 Å². The molecule has 0 aromatic heterocycles. The van der Waals surface area contributed by atoms with Gasteiger partial charge in [0.05, 0.1) is 7.11 Å². The van der Waals surface area contributed by atoms with Crippen LogP contribution in [0.3, 0.4) is 0 Å². The number of benzene rings is 1. The molecule has 1 aliphatic heterocycles. The largest absolute Gasteiger partial charge is 0.497 e. The van der Waals surface area contributed by atoms with Gasteiger partial charge in [-0.25, -0.2) is 0 Å². The van der Waals surface area contributed by atoms with Crippen LogP contribution in [0.2, 0.25) is 0 Å². The van der Waals surface area contributed by atoms with E-state index in [0.717, 1.165) is 18.8 Å². The van der Waals surface area contributed by atoms with Gasteiger partial charge in [-0.2, -0.15) is 0 Å². The summed E-state index contributed by atoms with van der Waals surface area (Å²) in [6.45, 7) is 6.91. The Morgan fingerprint density at radius 2 is 1.85 bits per heavy atom. The molecular formula is C17H28N2O. The summed E-state index contributed by atoms with van der Waals surface area (Å²) in [7, 11) is 1.72. The third kappa shape index (κ3) is 4.50. The third-order valence-electron chi connectivity index (χ3n) is 4.05. The van der Waals surface area contributed by atoms with Gasteiger partial charge in [0, 0.05) is 12.6 Å². The summed E-state index contributed by atoms with van der Waals surface area (Å²) in [4.78, 5) is 2.60. The summed E-state index contributed by atoms with van der Waals surface area (Å²) in [6.07, 6.45) is 5.27. The summed E-state index contributed by atoms with van der Waals surface area (Å²) in [6, 6.07) is 8.93. The Labute approximate surface area is 123 Å². The average molecular weight is 276 g/mol. The molecule has 1 atom stereocenters. The summed E-state index contributed by atoms with van der Waals surface area (Å²) in [5, 5.41) is 3.69. The van der Waals surface area contributed by atoms with Crippen LogP contribution in [0.4, 0.5) is 0 Å². The highest BCUT2D eigenvalue weighted by Crippen LogP contribution is 2.20. The lowest BCUT2D eigenvalue weighted by atomic mass is 10.0. The quantitative estimate of drug-likeness (QED) is 0.827. The molecule has 1 unspecified atom stereocenters. The van der Waals surface area contributed by atoms with Crippen molar-refractivity contribution in [2.45, 2.75) is 38.6 Å². The van der Waals surface area contributed by atoms with Crippen LogP contribution in [0.15, 0.2) is 24.3 Å². The minimum Gasteiger partial charge on any atom is -0.497 e. The van der Waals surface area contributed by atoms with Crippen LogP contribution < -0.4 is 10.1 Å². The molecule has 0 amide bonds. The first-order valence-corrected chi connectivity index (χ1v) is 7.93. The smallest absolute Gasteiger partial charge is 0.118 e. The zero-order chi connectivity index (χ0) is 14.2. The minimum atomic E-state index is 0.430. The Hall–Kier alpha value is -1.06. The Bertz CT molecular complexity index is 371. The molecule has 3 heteroatoms. The maximum absolute atomic E-state index is 5.25. The lowest BCUT2D eigenvalue weighted by Crippen LogP contribution is -2.38. The van der Waals surface area contributed by atoms with Gasteiger partial charge in [0.25, 0.3) is 0 Å². The molecule has 1 fully saturated rings. The second-order valence-electron chi connectivity index (χ2n) is 5.64. The van der Waals surface area contributed by atoms with Gasteiger partial charge in [-0.05, 0) is 56.6 Å². The van der Waals surface area contributed by atoms with Crippen molar-refractivity contribution in [3.05, 3.63) is 29.8 Å². The van der Waals surface area contributed by atoms with E-state index in [9.17, 15) is 0 Å². The number of piperidine rings is 1. The summed E-state index contributed by atoms with van der Waals surface area (Å²) in [5.41, 5.74) is 1.37. The summed E-state index contributed by atoms with van der Waals surface area (Å²) >= 11 is 0. The SMILES string of the molecule is CCCNC(CN1CCCCC1)c1ccc(OC)cc1. The van der Waals surface area contributed by atoms with Gasteiger partial charge in [0.2, 0.25) is 0 Å². The van der Waals surface area contributed by atoms with Gasteiger partial charge in [0.1, 0.15) is 5.75 Å². The van der Waals surface area contributed by atoms with E-state index in [0.29, 0.717) is 6.04 Å². The molecule has 1 saturated heterocycles. The van der Waals surface area contributed by atoms with Crippen molar-refractivity contribution >= 4 is 0 Å². The Morgan fingerprint density at radius 1 is 1.15 bits per heavy atom. The number of hydrogen-bond acceptors (Lipinski definition) is 3. The fraction of sp³-hybridized carbons (Fsp3) is 0.647. The van der Waals surface area contributed by atoms with Crippen molar-refractivity contribution in [2.24, 2.45) is 0 Å². The lowest BCUT2D eigenvalue weighted by Gasteiger charge is -2.31. The Morgan fingerprint density at radius 3 is 2.45 bits per heavy atom. The van der Waals surface area contributed by atoms with Gasteiger partial charge in [-0.3, -0.25) is 0 Å². The summed E-state index contributed by atoms with van der Waals surface area (Å²) < 4.78 is 5.25. The number of likely N-dealkylation sites (tertiary alicyclic amines) is 1. The number of ether oxygens (including phenoxy) is 1. The van der Waals surface area contributed by atoms with Gasteiger partial charge in [-0.15, -0.1) is 0 Å². The highest BCUT2D eigenvalue weighted by atomic mass is 16.5. The first-order valence-electron chi connectivity index (χ1n) is 7.93. The van der Waals surface area contributed by atoms with Crippen LogP contribution in [0, 0.1) is 0 Å². The normalized spacial score (nSPS) is 17.9. The molecule has 0 saturated carbocycles. The van der Waals surface area contributed by atoms with Gasteiger partial charge in [0.15, 0.2) is 0 Å². The van der Waals surface area contributed by atoms with E-state index in [2.05, 4.69) is 41.4 Å². The maximum Gasteiger partial charge on any atom is 0.118 e. The highest BCUT2D eigenvalue weighted by molar-refractivity contribution is 5.29. The van der Waals surface area contributed by atoms with Crippen molar-refractivity contribution < 1.29 is 4.74 Å². The van der Waals surface area contributed by atoms with Gasteiger partial charge < -0.3 is 15.0 Å². The van der Waals surface area contributed by atoms with Crippen LogP contribution in [0.5, 0.6) is 5.75 Å². The zero-order valence-electron chi connectivity index (χ0n) is 12.9. The average Bonchev–Trinajstić information content (AvgIpc) is 2.52. The number of methoxy groups -OCH3 is 1. The topological polar surface area (TPSA) is 24.5 Å². The predicted octanol–water partition coefficient (Wildman–Crippen LogP) is 3.22. The van der Waals surface area contributed by atoms with Crippen molar-refractivity contribution in [1.29, 1.82) is 0 Å². The standard InChI is InChI=1S/C17H28N2O/c1-3-11-18-17(14-19-12-5-4-6-13-19)15-7-9-16(20-2)10-8-15/h7-10,17-18H,3-6,11-14H2,1-2H3. The van der Waals surface area contributed by atoms with Crippen molar-refractivity contribution in [2.75, 3.05) is 33.3 Å². The predicted molar refractivity (Wildman–Crippen MR) is 84.3 cm³/mol. The fourth-order valence-electron chi connectivity index (χ4n) is 2.84. The van der Waals surface area contributed by atoms with Gasteiger partial charge >= 0.3 is 0 Å². The molecule has 1 N–H and O–H groups in total. The number of hydrogen-bond donors (Lipinski definition) is 1. The second kappa shape index (κ2) is 8.28. The molecule has 112 valence electrons. The molecule has 1 heterocycles. The van der Waals surface area contributed by atoms with E-state index < -0.39 is 0 Å². The molecule has 0 spiro atoms. The number of rotatable bonds is 7. The molecule has 1 aromatic rings. The van der Waals surface area contributed by atoms with Crippen LogP contribution in [-0.4, -0.2) is 38.2 Å². The first-order chi connectivity index (χ1) is 9.83. The van der Waals surface area contributed by atoms with Crippen LogP contribution in [-0.2, 0) is 0 Å². The molecule has 0 bridgehead atoms. The van der Waals surface area contributed by atoms with Crippen molar-refractivity contribution in [3.8, 4) is 5.75 Å². The van der Waals surface area contributed by atoms with Crippen LogP contribution in [0.1, 0.15) is 44.2 Å². The molecule has 20 heavy (non-hydrogen) atoms. The van der Waals surface area contributed by atoms with E-state index in [4.69, 9.17) is 4.74 Å². The first kappa shape index (κ1) is 15.3. The lowest BCUT2D eigenvalue weighted by molar-refractivity contribution is 0.205. The monoisotopic (exact) mass is 276 g/mol. The molecule has 0 aliphatic carbocycles. The number of nitrogens with zero attached hydrogens (tertiary/aromatic N) is 1. The zero-order valence-corrected chi connectivity index (χ0v) is 12.9. The van der Waals surface area contributed by atoms with Gasteiger partial charge in [-0.1, -0.05) is 25.5 Å². The van der Waals surface area contributed by atoms with E-state index >= 15 is 0 Å². The third-order valence-corrected chi connectivity index (χ3v) is 4.05. The van der Waals surface area contributed by atoms with E-state index in [-0.39, 0.29) is 0 Å². The Kier molecular flexibility index (Phi) is 6.34. The summed E-state index contributed by atoms with van der Waals surface area (Å²) in [5.74, 6) is 0.931. The minimum absolute atomic E-state index is 0.430. The fourth-order valence-corrected chi connectivity index (χ4v) is 2.84.